The third kappa shape index (κ3) is 1.82. The number of guanidine groups is 1. The molecule has 1 rings (SSSR count). The number of carbonyl (C=O) groups excluding carboxylic acids is 2. The molecule has 0 saturated carbocycles. The van der Waals surface area contributed by atoms with E-state index in [1.54, 1.807) is 6.92 Å². The molecule has 0 aromatic carbocycles. The van der Waals surface area contributed by atoms with Crippen LogP contribution in [0.1, 0.15) is 6.92 Å². The lowest BCUT2D eigenvalue weighted by molar-refractivity contribution is -0.137. The standard InChI is InChI=1S/C7H13N5O2/c1-4-6(14)10-5(13)3-12(4)7(9-2)11-8/h4H,3,8H2,1-2H3,(H,9,11)(H,10,13,14). The highest BCUT2D eigenvalue weighted by atomic mass is 16.2. The summed E-state index contributed by atoms with van der Waals surface area (Å²) in [5.41, 5.74) is 2.34. The quantitative estimate of drug-likeness (QED) is 0.135. The van der Waals surface area contributed by atoms with Gasteiger partial charge in [0.1, 0.15) is 12.6 Å². The van der Waals surface area contributed by atoms with Crippen molar-refractivity contribution in [2.75, 3.05) is 13.6 Å². The van der Waals surface area contributed by atoms with Crippen molar-refractivity contribution in [1.82, 2.24) is 15.6 Å². The largest absolute Gasteiger partial charge is 0.321 e. The summed E-state index contributed by atoms with van der Waals surface area (Å²) in [7, 11) is 1.53. The minimum atomic E-state index is -0.456. The lowest BCUT2D eigenvalue weighted by Gasteiger charge is -2.33. The van der Waals surface area contributed by atoms with Crippen molar-refractivity contribution < 1.29 is 9.59 Å². The maximum Gasteiger partial charge on any atom is 0.249 e. The van der Waals surface area contributed by atoms with E-state index < -0.39 is 6.04 Å². The predicted octanol–water partition coefficient (Wildman–Crippen LogP) is -2.22. The maximum atomic E-state index is 11.3. The summed E-state index contributed by atoms with van der Waals surface area (Å²) in [5.74, 6) is 4.82. The number of hydrazine groups is 1. The van der Waals surface area contributed by atoms with Gasteiger partial charge in [0, 0.05) is 7.05 Å². The van der Waals surface area contributed by atoms with Gasteiger partial charge in [0.25, 0.3) is 0 Å². The summed E-state index contributed by atoms with van der Waals surface area (Å²) < 4.78 is 0. The zero-order valence-electron chi connectivity index (χ0n) is 8.07. The van der Waals surface area contributed by atoms with Gasteiger partial charge in [-0.1, -0.05) is 0 Å². The highest BCUT2D eigenvalue weighted by molar-refractivity contribution is 6.04. The van der Waals surface area contributed by atoms with Gasteiger partial charge in [0.05, 0.1) is 0 Å². The second-order valence-electron chi connectivity index (χ2n) is 2.91. The molecule has 1 atom stereocenters. The minimum Gasteiger partial charge on any atom is -0.321 e. The zero-order chi connectivity index (χ0) is 10.7. The van der Waals surface area contributed by atoms with Gasteiger partial charge in [-0.15, -0.1) is 0 Å². The van der Waals surface area contributed by atoms with E-state index in [0.29, 0.717) is 5.96 Å². The van der Waals surface area contributed by atoms with Crippen LogP contribution in [0.15, 0.2) is 4.99 Å². The Morgan fingerprint density at radius 1 is 1.71 bits per heavy atom. The summed E-state index contributed by atoms with van der Waals surface area (Å²) in [6.07, 6.45) is 0. The van der Waals surface area contributed by atoms with Gasteiger partial charge in [0.15, 0.2) is 0 Å². The summed E-state index contributed by atoms with van der Waals surface area (Å²) in [6, 6.07) is -0.456. The molecule has 1 aliphatic heterocycles. The minimum absolute atomic E-state index is 0.0732. The van der Waals surface area contributed by atoms with Crippen LogP contribution in [0.25, 0.3) is 0 Å². The number of amides is 2. The molecule has 0 spiro atoms. The van der Waals surface area contributed by atoms with Crippen molar-refractivity contribution in [1.29, 1.82) is 0 Å². The van der Waals surface area contributed by atoms with Crippen molar-refractivity contribution in [3.8, 4) is 0 Å². The van der Waals surface area contributed by atoms with Gasteiger partial charge in [-0.25, -0.2) is 5.84 Å². The first-order valence-corrected chi connectivity index (χ1v) is 4.14. The molecule has 0 bridgehead atoms. The summed E-state index contributed by atoms with van der Waals surface area (Å²) in [6.45, 7) is 1.74. The Kier molecular flexibility index (Phi) is 3.03. The average Bonchev–Trinajstić information content (AvgIpc) is 2.15. The number of imide groups is 1. The third-order valence-electron chi connectivity index (χ3n) is 2.04. The number of nitrogens with one attached hydrogen (secondary N) is 2. The first-order valence-electron chi connectivity index (χ1n) is 4.14. The van der Waals surface area contributed by atoms with Crippen molar-refractivity contribution in [3.63, 3.8) is 0 Å². The molecule has 4 N–H and O–H groups in total. The highest BCUT2D eigenvalue weighted by Crippen LogP contribution is 2.04. The van der Waals surface area contributed by atoms with Crippen LogP contribution in [0.3, 0.4) is 0 Å². The molecule has 1 saturated heterocycles. The Labute approximate surface area is 81.3 Å². The number of hydrogen-bond donors (Lipinski definition) is 3. The monoisotopic (exact) mass is 199 g/mol. The second-order valence-corrected chi connectivity index (χ2v) is 2.91. The Bertz CT molecular complexity index is 288. The summed E-state index contributed by atoms with van der Waals surface area (Å²) in [5, 5.41) is 2.22. The second kappa shape index (κ2) is 4.05. The molecule has 1 aliphatic rings. The third-order valence-corrected chi connectivity index (χ3v) is 2.04. The first kappa shape index (κ1) is 10.5. The molecular weight excluding hydrogens is 186 g/mol. The van der Waals surface area contributed by atoms with Crippen molar-refractivity contribution in [3.05, 3.63) is 0 Å². The molecule has 14 heavy (non-hydrogen) atoms. The van der Waals surface area contributed by atoms with Crippen LogP contribution >= 0.6 is 0 Å². The van der Waals surface area contributed by atoms with E-state index in [0.717, 1.165) is 0 Å². The SMILES string of the molecule is CN=C(NN)N1CC(=O)NC(=O)C1C. The van der Waals surface area contributed by atoms with Gasteiger partial charge < -0.3 is 4.90 Å². The van der Waals surface area contributed by atoms with Gasteiger partial charge in [-0.05, 0) is 6.92 Å². The molecular formula is C7H13N5O2. The van der Waals surface area contributed by atoms with Gasteiger partial charge >= 0.3 is 0 Å². The number of rotatable bonds is 0. The Balaban J connectivity index is 2.85. The van der Waals surface area contributed by atoms with E-state index in [4.69, 9.17) is 5.84 Å². The fourth-order valence-corrected chi connectivity index (χ4v) is 1.25. The first-order chi connectivity index (χ1) is 6.60. The van der Waals surface area contributed by atoms with Crippen LogP contribution in [0, 0.1) is 0 Å². The van der Waals surface area contributed by atoms with Crippen LogP contribution in [0.5, 0.6) is 0 Å². The molecule has 0 aliphatic carbocycles. The van der Waals surface area contributed by atoms with Gasteiger partial charge in [-0.3, -0.25) is 25.3 Å². The smallest absolute Gasteiger partial charge is 0.249 e. The molecule has 0 radical (unpaired) electrons. The molecule has 78 valence electrons. The Hall–Kier alpha value is -1.63. The zero-order valence-corrected chi connectivity index (χ0v) is 8.07. The number of nitrogens with two attached hydrogens (primary N) is 1. The molecule has 7 heteroatoms. The van der Waals surface area contributed by atoms with Crippen LogP contribution in [0.4, 0.5) is 0 Å². The van der Waals surface area contributed by atoms with Crippen molar-refractivity contribution >= 4 is 17.8 Å². The van der Waals surface area contributed by atoms with E-state index in [2.05, 4.69) is 15.7 Å². The normalized spacial score (nSPS) is 23.5. The van der Waals surface area contributed by atoms with E-state index in [1.807, 2.05) is 0 Å². The van der Waals surface area contributed by atoms with E-state index >= 15 is 0 Å². The van der Waals surface area contributed by atoms with Gasteiger partial charge in [-0.2, -0.15) is 0 Å². The number of carbonyl (C=O) groups is 2. The maximum absolute atomic E-state index is 11.3. The van der Waals surface area contributed by atoms with Crippen molar-refractivity contribution in [2.45, 2.75) is 13.0 Å². The fourth-order valence-electron chi connectivity index (χ4n) is 1.25. The summed E-state index contributed by atoms with van der Waals surface area (Å²) in [4.78, 5) is 27.6. The molecule has 0 aromatic rings. The number of piperazine rings is 1. The van der Waals surface area contributed by atoms with E-state index in [9.17, 15) is 9.59 Å². The lowest BCUT2D eigenvalue weighted by atomic mass is 10.2. The van der Waals surface area contributed by atoms with Crippen LogP contribution in [0.2, 0.25) is 0 Å². The predicted molar refractivity (Wildman–Crippen MR) is 50.0 cm³/mol. The van der Waals surface area contributed by atoms with E-state index in [1.165, 1.54) is 11.9 Å². The van der Waals surface area contributed by atoms with Gasteiger partial charge in [0.2, 0.25) is 17.8 Å². The molecule has 1 unspecified atom stereocenters. The van der Waals surface area contributed by atoms with Crippen LogP contribution in [-0.4, -0.2) is 42.3 Å². The molecule has 1 heterocycles. The van der Waals surface area contributed by atoms with Crippen molar-refractivity contribution in [2.24, 2.45) is 10.8 Å². The molecule has 0 aromatic heterocycles. The van der Waals surface area contributed by atoms with E-state index in [-0.39, 0.29) is 18.4 Å². The number of aliphatic imine (C=N–C) groups is 1. The molecule has 2 amide bonds. The Morgan fingerprint density at radius 3 is 2.86 bits per heavy atom. The van der Waals surface area contributed by atoms with Crippen LogP contribution < -0.4 is 16.6 Å². The van der Waals surface area contributed by atoms with Crippen LogP contribution in [-0.2, 0) is 9.59 Å². The molecule has 1 fully saturated rings. The summed E-state index contributed by atoms with van der Waals surface area (Å²) >= 11 is 0. The molecule has 7 nitrogen and oxygen atoms in total. The lowest BCUT2D eigenvalue weighted by Crippen LogP contribution is -2.61. The number of hydrogen-bond acceptors (Lipinski definition) is 4. The topological polar surface area (TPSA) is 99.8 Å². The average molecular weight is 199 g/mol. The fraction of sp³-hybridized carbons (Fsp3) is 0.571. The highest BCUT2D eigenvalue weighted by Gasteiger charge is 2.31. The Morgan fingerprint density at radius 2 is 2.36 bits per heavy atom. The number of nitrogens with zero attached hydrogens (tertiary/aromatic N) is 2.